The van der Waals surface area contributed by atoms with Crippen LogP contribution in [0.15, 0.2) is 12.1 Å². The fraction of sp³-hybridized carbons (Fsp3) is 0.588. The van der Waals surface area contributed by atoms with Crippen molar-refractivity contribution in [2.24, 2.45) is 5.92 Å². The molecule has 0 fully saturated rings. The first-order valence-electron chi connectivity index (χ1n) is 7.37. The van der Waals surface area contributed by atoms with Crippen LogP contribution in [-0.4, -0.2) is 17.7 Å². The number of esters is 1. The third-order valence-electron chi connectivity index (χ3n) is 3.98. The lowest BCUT2D eigenvalue weighted by Crippen LogP contribution is -2.18. The molecular formula is C17H26O3. The third kappa shape index (κ3) is 3.99. The summed E-state index contributed by atoms with van der Waals surface area (Å²) in [4.78, 5) is 12.1. The first kappa shape index (κ1) is 16.5. The van der Waals surface area contributed by atoms with Crippen LogP contribution in [0.5, 0.6) is 5.75 Å². The van der Waals surface area contributed by atoms with Gasteiger partial charge in [-0.05, 0) is 43.4 Å². The lowest BCUT2D eigenvalue weighted by molar-refractivity contribution is -0.146. The molecule has 0 radical (unpaired) electrons. The highest BCUT2D eigenvalue weighted by Gasteiger charge is 2.19. The van der Waals surface area contributed by atoms with Gasteiger partial charge in [-0.3, -0.25) is 4.79 Å². The summed E-state index contributed by atoms with van der Waals surface area (Å²) in [5, 5.41) is 9.77. The second-order valence-corrected chi connectivity index (χ2v) is 5.54. The van der Waals surface area contributed by atoms with Gasteiger partial charge in [-0.2, -0.15) is 0 Å². The first-order chi connectivity index (χ1) is 9.40. The number of rotatable bonds is 6. The van der Waals surface area contributed by atoms with Gasteiger partial charge in [0.1, 0.15) is 5.75 Å². The van der Waals surface area contributed by atoms with Gasteiger partial charge >= 0.3 is 5.97 Å². The largest absolute Gasteiger partial charge is 0.507 e. The van der Waals surface area contributed by atoms with E-state index in [-0.39, 0.29) is 11.9 Å². The summed E-state index contributed by atoms with van der Waals surface area (Å²) in [5.74, 6) is 0.240. The number of hydrogen-bond acceptors (Lipinski definition) is 3. The molecule has 0 amide bonds. The topological polar surface area (TPSA) is 46.5 Å². The minimum Gasteiger partial charge on any atom is -0.507 e. The Morgan fingerprint density at radius 3 is 2.15 bits per heavy atom. The van der Waals surface area contributed by atoms with E-state index in [0.717, 1.165) is 29.5 Å². The standard InChI is InChI=1S/C17H26O3/c1-6-14(7-2)10-20-17(19)13(5)15-8-11(3)16(18)12(4)9-15/h8-9,13-14,18H,6-7,10H2,1-5H3. The number of aromatic hydroxyl groups is 1. The smallest absolute Gasteiger partial charge is 0.313 e. The van der Waals surface area contributed by atoms with Crippen molar-refractivity contribution in [3.63, 3.8) is 0 Å². The maximum absolute atomic E-state index is 12.1. The van der Waals surface area contributed by atoms with Crippen LogP contribution in [0, 0.1) is 19.8 Å². The molecule has 0 saturated heterocycles. The molecule has 1 rings (SSSR count). The molecule has 0 aliphatic rings. The molecule has 0 aromatic heterocycles. The van der Waals surface area contributed by atoms with Gasteiger partial charge in [-0.15, -0.1) is 0 Å². The van der Waals surface area contributed by atoms with Gasteiger partial charge in [0.05, 0.1) is 12.5 Å². The molecule has 3 heteroatoms. The number of hydrogen-bond donors (Lipinski definition) is 1. The average molecular weight is 278 g/mol. The summed E-state index contributed by atoms with van der Waals surface area (Å²) < 4.78 is 5.41. The molecule has 1 aromatic carbocycles. The van der Waals surface area contributed by atoms with E-state index in [0.29, 0.717) is 18.3 Å². The second-order valence-electron chi connectivity index (χ2n) is 5.54. The van der Waals surface area contributed by atoms with Crippen LogP contribution >= 0.6 is 0 Å². The monoisotopic (exact) mass is 278 g/mol. The van der Waals surface area contributed by atoms with Crippen molar-refractivity contribution in [2.45, 2.75) is 53.4 Å². The van der Waals surface area contributed by atoms with Crippen LogP contribution in [0.4, 0.5) is 0 Å². The number of phenols is 1. The van der Waals surface area contributed by atoms with E-state index >= 15 is 0 Å². The molecule has 0 saturated carbocycles. The molecule has 3 nitrogen and oxygen atoms in total. The maximum Gasteiger partial charge on any atom is 0.313 e. The van der Waals surface area contributed by atoms with Gasteiger partial charge in [-0.25, -0.2) is 0 Å². The molecular weight excluding hydrogens is 252 g/mol. The number of carbonyl (C=O) groups is 1. The van der Waals surface area contributed by atoms with Crippen LogP contribution in [0.1, 0.15) is 56.2 Å². The van der Waals surface area contributed by atoms with Crippen molar-refractivity contribution in [2.75, 3.05) is 6.61 Å². The minimum atomic E-state index is -0.303. The predicted octanol–water partition coefficient (Wildman–Crippen LogP) is 4.09. The average Bonchev–Trinajstić information content (AvgIpc) is 2.44. The molecule has 1 aromatic rings. The first-order valence-corrected chi connectivity index (χ1v) is 7.37. The number of benzene rings is 1. The summed E-state index contributed by atoms with van der Waals surface area (Å²) >= 11 is 0. The van der Waals surface area contributed by atoms with Gasteiger partial charge in [0.2, 0.25) is 0 Å². The molecule has 112 valence electrons. The Labute approximate surface area is 122 Å². The Bertz CT molecular complexity index is 438. The summed E-state index contributed by atoms with van der Waals surface area (Å²) in [7, 11) is 0. The van der Waals surface area contributed by atoms with Gasteiger partial charge in [0, 0.05) is 0 Å². The van der Waals surface area contributed by atoms with Crippen molar-refractivity contribution in [1.82, 2.24) is 0 Å². The number of carbonyl (C=O) groups excluding carboxylic acids is 1. The summed E-state index contributed by atoms with van der Waals surface area (Å²) in [6.45, 7) is 10.2. The second kappa shape index (κ2) is 7.32. The van der Waals surface area contributed by atoms with Crippen LogP contribution < -0.4 is 0 Å². The van der Waals surface area contributed by atoms with E-state index in [9.17, 15) is 9.90 Å². The number of ether oxygens (including phenoxy) is 1. The molecule has 1 unspecified atom stereocenters. The van der Waals surface area contributed by atoms with Crippen LogP contribution in [0.25, 0.3) is 0 Å². The van der Waals surface area contributed by atoms with Crippen molar-refractivity contribution >= 4 is 5.97 Å². The Hall–Kier alpha value is -1.51. The van der Waals surface area contributed by atoms with Crippen molar-refractivity contribution in [3.8, 4) is 5.75 Å². The number of phenolic OH excluding ortho intramolecular Hbond substituents is 1. The van der Waals surface area contributed by atoms with Gasteiger partial charge in [0.25, 0.3) is 0 Å². The Morgan fingerprint density at radius 2 is 1.70 bits per heavy atom. The molecule has 1 N–H and O–H groups in total. The fourth-order valence-corrected chi connectivity index (χ4v) is 2.22. The van der Waals surface area contributed by atoms with Crippen LogP contribution in [-0.2, 0) is 9.53 Å². The van der Waals surface area contributed by atoms with Crippen molar-refractivity contribution in [1.29, 1.82) is 0 Å². The molecule has 0 spiro atoms. The zero-order chi connectivity index (χ0) is 15.3. The lowest BCUT2D eigenvalue weighted by atomic mass is 9.96. The van der Waals surface area contributed by atoms with E-state index in [1.807, 2.05) is 32.9 Å². The van der Waals surface area contributed by atoms with Crippen molar-refractivity contribution < 1.29 is 14.6 Å². The normalized spacial score (nSPS) is 12.5. The highest BCUT2D eigenvalue weighted by atomic mass is 16.5. The van der Waals surface area contributed by atoms with Gasteiger partial charge < -0.3 is 9.84 Å². The maximum atomic E-state index is 12.1. The zero-order valence-corrected chi connectivity index (χ0v) is 13.2. The predicted molar refractivity (Wildman–Crippen MR) is 81.0 cm³/mol. The molecule has 20 heavy (non-hydrogen) atoms. The van der Waals surface area contributed by atoms with E-state index in [1.165, 1.54) is 0 Å². The molecule has 0 aliphatic carbocycles. The van der Waals surface area contributed by atoms with E-state index in [1.54, 1.807) is 0 Å². The van der Waals surface area contributed by atoms with Crippen LogP contribution in [0.2, 0.25) is 0 Å². The summed E-state index contributed by atoms with van der Waals surface area (Å²) in [6, 6.07) is 3.71. The molecule has 1 atom stereocenters. The Balaban J connectivity index is 2.74. The molecule has 0 aliphatic heterocycles. The Kier molecular flexibility index (Phi) is 6.05. The quantitative estimate of drug-likeness (QED) is 0.797. The summed E-state index contributed by atoms with van der Waals surface area (Å²) in [6.07, 6.45) is 2.05. The third-order valence-corrected chi connectivity index (χ3v) is 3.98. The van der Waals surface area contributed by atoms with Gasteiger partial charge in [0.15, 0.2) is 0 Å². The highest BCUT2D eigenvalue weighted by molar-refractivity contribution is 5.78. The molecule has 0 heterocycles. The van der Waals surface area contributed by atoms with E-state index < -0.39 is 0 Å². The minimum absolute atomic E-state index is 0.193. The van der Waals surface area contributed by atoms with E-state index in [4.69, 9.17) is 4.74 Å². The molecule has 0 bridgehead atoms. The van der Waals surface area contributed by atoms with Gasteiger partial charge in [-0.1, -0.05) is 38.8 Å². The highest BCUT2D eigenvalue weighted by Crippen LogP contribution is 2.27. The number of aryl methyl sites for hydroxylation is 2. The summed E-state index contributed by atoms with van der Waals surface area (Å²) in [5.41, 5.74) is 2.48. The van der Waals surface area contributed by atoms with Crippen molar-refractivity contribution in [3.05, 3.63) is 28.8 Å². The van der Waals surface area contributed by atoms with E-state index in [2.05, 4.69) is 13.8 Å². The zero-order valence-electron chi connectivity index (χ0n) is 13.2. The van der Waals surface area contributed by atoms with Crippen LogP contribution in [0.3, 0.4) is 0 Å². The SMILES string of the molecule is CCC(CC)COC(=O)C(C)c1cc(C)c(O)c(C)c1. The Morgan fingerprint density at radius 1 is 1.20 bits per heavy atom. The fourth-order valence-electron chi connectivity index (χ4n) is 2.22. The lowest BCUT2D eigenvalue weighted by Gasteiger charge is -2.17.